The van der Waals surface area contributed by atoms with Gasteiger partial charge in [-0.25, -0.2) is 0 Å². The Bertz CT molecular complexity index is 138. The summed E-state index contributed by atoms with van der Waals surface area (Å²) < 4.78 is 0. The fraction of sp³-hybridized carbons (Fsp3) is 1.00. The average Bonchev–Trinajstić information content (AvgIpc) is 1.97. The third-order valence-electron chi connectivity index (χ3n) is 2.59. The van der Waals surface area contributed by atoms with E-state index in [-0.39, 0.29) is 5.41 Å². The fourth-order valence-electron chi connectivity index (χ4n) is 0.698. The van der Waals surface area contributed by atoms with Crippen molar-refractivity contribution < 1.29 is 0 Å². The Hall–Kier alpha value is 0.310. The van der Waals surface area contributed by atoms with Crippen molar-refractivity contribution in [1.29, 1.82) is 0 Å². The first kappa shape index (κ1) is 13.3. The van der Waals surface area contributed by atoms with Crippen molar-refractivity contribution in [2.75, 3.05) is 5.75 Å². The summed E-state index contributed by atoms with van der Waals surface area (Å²) in [4.78, 5) is 0. The highest BCUT2D eigenvalue weighted by Crippen LogP contribution is 2.25. The molecule has 0 amide bonds. The Balaban J connectivity index is 3.77. The van der Waals surface area contributed by atoms with Crippen molar-refractivity contribution in [2.24, 2.45) is 17.1 Å². The molecular formula is C11H25NS. The lowest BCUT2D eigenvalue weighted by molar-refractivity contribution is 0.344. The van der Waals surface area contributed by atoms with Crippen molar-refractivity contribution in [2.45, 2.75) is 52.8 Å². The van der Waals surface area contributed by atoms with Crippen LogP contribution in [0.3, 0.4) is 0 Å². The first-order chi connectivity index (χ1) is 5.75. The monoisotopic (exact) mass is 203 g/mol. The number of hydrogen-bond acceptors (Lipinski definition) is 2. The van der Waals surface area contributed by atoms with E-state index in [9.17, 15) is 0 Å². The lowest BCUT2D eigenvalue weighted by Gasteiger charge is -2.28. The average molecular weight is 203 g/mol. The van der Waals surface area contributed by atoms with Gasteiger partial charge in [-0.05, 0) is 11.3 Å². The van der Waals surface area contributed by atoms with Gasteiger partial charge in [-0.3, -0.25) is 0 Å². The summed E-state index contributed by atoms with van der Waals surface area (Å²) in [5, 5.41) is 0.716. The van der Waals surface area contributed by atoms with Crippen molar-refractivity contribution in [3.8, 4) is 0 Å². The maximum absolute atomic E-state index is 6.08. The molecule has 80 valence electrons. The summed E-state index contributed by atoms with van der Waals surface area (Å²) >= 11 is 1.99. The molecule has 0 fully saturated rings. The van der Waals surface area contributed by atoms with Crippen molar-refractivity contribution in [1.82, 2.24) is 0 Å². The van der Waals surface area contributed by atoms with E-state index in [1.54, 1.807) is 0 Å². The van der Waals surface area contributed by atoms with Gasteiger partial charge >= 0.3 is 0 Å². The maximum atomic E-state index is 6.08. The van der Waals surface area contributed by atoms with Crippen LogP contribution >= 0.6 is 11.8 Å². The van der Waals surface area contributed by atoms with Gasteiger partial charge in [-0.2, -0.15) is 11.8 Å². The molecule has 0 aromatic rings. The molecule has 0 aliphatic carbocycles. The molecule has 0 aromatic heterocycles. The van der Waals surface area contributed by atoms with Gasteiger partial charge in [0.1, 0.15) is 0 Å². The molecule has 0 radical (unpaired) electrons. The lowest BCUT2D eigenvalue weighted by Crippen LogP contribution is -2.37. The Labute approximate surface area is 87.9 Å². The van der Waals surface area contributed by atoms with E-state index in [2.05, 4.69) is 41.5 Å². The molecule has 0 saturated carbocycles. The smallest absolute Gasteiger partial charge is 0.0179 e. The molecule has 0 aromatic carbocycles. The summed E-state index contributed by atoms with van der Waals surface area (Å²) in [6.07, 6.45) is 0. The predicted molar refractivity (Wildman–Crippen MR) is 64.2 cm³/mol. The molecule has 1 nitrogen and oxygen atoms in total. The van der Waals surface area contributed by atoms with E-state index in [4.69, 9.17) is 5.73 Å². The minimum absolute atomic E-state index is 0.240. The van der Waals surface area contributed by atoms with Crippen molar-refractivity contribution >= 4 is 11.8 Å². The van der Waals surface area contributed by atoms with Gasteiger partial charge in [0.2, 0.25) is 0 Å². The largest absolute Gasteiger partial charge is 0.326 e. The van der Waals surface area contributed by atoms with Gasteiger partial charge in [-0.15, -0.1) is 0 Å². The zero-order valence-corrected chi connectivity index (χ0v) is 10.7. The standard InChI is InChI=1S/C11H25NS/c1-8(2)9(3)13-7-10(12)11(4,5)6/h8-10H,7,12H2,1-6H3. The second kappa shape index (κ2) is 5.26. The molecule has 0 heterocycles. The molecule has 0 aliphatic rings. The molecule has 2 unspecified atom stereocenters. The van der Waals surface area contributed by atoms with Crippen LogP contribution in [0.4, 0.5) is 0 Å². The Kier molecular flexibility index (Phi) is 5.38. The molecular weight excluding hydrogens is 178 g/mol. The van der Waals surface area contributed by atoms with Gasteiger partial charge in [0.15, 0.2) is 0 Å². The molecule has 0 saturated heterocycles. The molecule has 0 rings (SSSR count). The molecule has 2 atom stereocenters. The van der Waals surface area contributed by atoms with Gasteiger partial charge in [0, 0.05) is 17.0 Å². The zero-order valence-electron chi connectivity index (χ0n) is 9.92. The third kappa shape index (κ3) is 5.58. The van der Waals surface area contributed by atoms with Crippen LogP contribution < -0.4 is 5.73 Å². The first-order valence-corrected chi connectivity index (χ1v) is 6.17. The fourth-order valence-corrected chi connectivity index (χ4v) is 2.09. The van der Waals surface area contributed by atoms with Gasteiger partial charge in [-0.1, -0.05) is 41.5 Å². The Morgan fingerprint density at radius 2 is 1.62 bits per heavy atom. The molecule has 2 heteroatoms. The van der Waals surface area contributed by atoms with Crippen LogP contribution in [-0.2, 0) is 0 Å². The number of nitrogens with two attached hydrogens (primary N) is 1. The van der Waals surface area contributed by atoms with Crippen LogP contribution in [0.15, 0.2) is 0 Å². The Morgan fingerprint density at radius 3 is 1.92 bits per heavy atom. The second-order valence-electron chi connectivity index (χ2n) is 5.25. The number of thioether (sulfide) groups is 1. The summed E-state index contributed by atoms with van der Waals surface area (Å²) in [7, 11) is 0. The van der Waals surface area contributed by atoms with E-state index in [1.165, 1.54) is 0 Å². The maximum Gasteiger partial charge on any atom is 0.0179 e. The van der Waals surface area contributed by atoms with Crippen LogP contribution in [0.1, 0.15) is 41.5 Å². The van der Waals surface area contributed by atoms with Gasteiger partial charge in [0.25, 0.3) is 0 Å². The summed E-state index contributed by atoms with van der Waals surface area (Å²) in [5.41, 5.74) is 6.32. The van der Waals surface area contributed by atoms with Gasteiger partial charge in [0.05, 0.1) is 0 Å². The normalized spacial score (nSPS) is 17.5. The highest BCUT2D eigenvalue weighted by molar-refractivity contribution is 7.99. The molecule has 0 spiro atoms. The quantitative estimate of drug-likeness (QED) is 0.759. The predicted octanol–water partition coefficient (Wildman–Crippen LogP) is 3.14. The SMILES string of the molecule is CC(C)C(C)SCC(N)C(C)(C)C. The van der Waals surface area contributed by atoms with E-state index in [1.807, 2.05) is 11.8 Å². The topological polar surface area (TPSA) is 26.0 Å². The molecule has 2 N–H and O–H groups in total. The summed E-state index contributed by atoms with van der Waals surface area (Å²) in [6, 6.07) is 0.304. The minimum atomic E-state index is 0.240. The summed E-state index contributed by atoms with van der Waals surface area (Å²) in [5.74, 6) is 1.82. The molecule has 0 aliphatic heterocycles. The van der Waals surface area contributed by atoms with Crippen LogP contribution in [-0.4, -0.2) is 17.0 Å². The first-order valence-electron chi connectivity index (χ1n) is 5.12. The van der Waals surface area contributed by atoms with E-state index < -0.39 is 0 Å². The van der Waals surface area contributed by atoms with Gasteiger partial charge < -0.3 is 5.73 Å². The van der Waals surface area contributed by atoms with E-state index >= 15 is 0 Å². The minimum Gasteiger partial charge on any atom is -0.326 e. The van der Waals surface area contributed by atoms with Crippen LogP contribution in [0.25, 0.3) is 0 Å². The van der Waals surface area contributed by atoms with Crippen molar-refractivity contribution in [3.05, 3.63) is 0 Å². The highest BCUT2D eigenvalue weighted by atomic mass is 32.2. The number of hydrogen-bond donors (Lipinski definition) is 1. The Morgan fingerprint density at radius 1 is 1.15 bits per heavy atom. The number of rotatable bonds is 4. The highest BCUT2D eigenvalue weighted by Gasteiger charge is 2.21. The van der Waals surface area contributed by atoms with E-state index in [0.717, 1.165) is 11.7 Å². The van der Waals surface area contributed by atoms with Crippen LogP contribution in [0.2, 0.25) is 0 Å². The molecule has 0 bridgehead atoms. The molecule has 13 heavy (non-hydrogen) atoms. The zero-order chi connectivity index (χ0) is 10.6. The van der Waals surface area contributed by atoms with E-state index in [0.29, 0.717) is 11.3 Å². The second-order valence-corrected chi connectivity index (χ2v) is 6.67. The third-order valence-corrected chi connectivity index (χ3v) is 4.21. The van der Waals surface area contributed by atoms with Crippen LogP contribution in [0, 0.1) is 11.3 Å². The summed E-state index contributed by atoms with van der Waals surface area (Å²) in [6.45, 7) is 13.4. The van der Waals surface area contributed by atoms with Crippen LogP contribution in [0.5, 0.6) is 0 Å². The van der Waals surface area contributed by atoms with Crippen molar-refractivity contribution in [3.63, 3.8) is 0 Å². The lowest BCUT2D eigenvalue weighted by atomic mass is 9.89.